The molecule has 1 saturated carbocycles. The highest BCUT2D eigenvalue weighted by Crippen LogP contribution is 2.30. The molecule has 0 aliphatic heterocycles. The predicted molar refractivity (Wildman–Crippen MR) is 76.6 cm³/mol. The van der Waals surface area contributed by atoms with E-state index in [2.05, 4.69) is 10.4 Å². The van der Waals surface area contributed by atoms with Crippen molar-refractivity contribution in [3.63, 3.8) is 0 Å². The van der Waals surface area contributed by atoms with Crippen LogP contribution in [0.1, 0.15) is 42.5 Å². The largest absolute Gasteiger partial charge is 0.365 e. The monoisotopic (exact) mass is 303 g/mol. The van der Waals surface area contributed by atoms with Gasteiger partial charge in [0.2, 0.25) is 5.91 Å². The van der Waals surface area contributed by atoms with Crippen molar-refractivity contribution in [1.82, 2.24) is 9.78 Å². The maximum absolute atomic E-state index is 11.7. The van der Waals surface area contributed by atoms with Crippen LogP contribution in [0.4, 0.5) is 5.82 Å². The summed E-state index contributed by atoms with van der Waals surface area (Å²) in [5.74, 6) is -0.802. The Balaban J connectivity index is 1.97. The Morgan fingerprint density at radius 3 is 2.77 bits per heavy atom. The third-order valence-corrected chi connectivity index (χ3v) is 3.34. The molecule has 0 unspecified atom stereocenters. The lowest BCUT2D eigenvalue weighted by Gasteiger charge is -2.02. The van der Waals surface area contributed by atoms with Crippen molar-refractivity contribution in [2.75, 3.05) is 5.32 Å². The maximum Gasteiger partial charge on any atom is 0.254 e. The van der Waals surface area contributed by atoms with Gasteiger partial charge in [-0.2, -0.15) is 10.4 Å². The van der Waals surface area contributed by atoms with Crippen molar-refractivity contribution in [3.8, 4) is 6.07 Å². The minimum atomic E-state index is -0.669. The predicted octanol–water partition coefficient (Wildman–Crippen LogP) is 0.593. The lowest BCUT2D eigenvalue weighted by molar-refractivity contribution is -0.118. The van der Waals surface area contributed by atoms with Gasteiger partial charge >= 0.3 is 0 Å². The summed E-state index contributed by atoms with van der Waals surface area (Å²) < 4.78 is 1.47. The summed E-state index contributed by atoms with van der Waals surface area (Å²) >= 11 is 0. The maximum atomic E-state index is 11.7. The van der Waals surface area contributed by atoms with Crippen molar-refractivity contribution >= 4 is 23.4 Å². The molecular weight excluding hydrogens is 286 g/mol. The van der Waals surface area contributed by atoms with E-state index < -0.39 is 5.91 Å². The number of rotatable bonds is 8. The van der Waals surface area contributed by atoms with Gasteiger partial charge in [-0.15, -0.1) is 0 Å². The molecule has 1 fully saturated rings. The summed E-state index contributed by atoms with van der Waals surface area (Å²) in [6, 6.07) is 1.80. The van der Waals surface area contributed by atoms with Gasteiger partial charge in [0.05, 0.1) is 12.5 Å². The van der Waals surface area contributed by atoms with Gasteiger partial charge in [0.25, 0.3) is 5.91 Å². The molecule has 0 aromatic carbocycles. The van der Waals surface area contributed by atoms with E-state index in [4.69, 9.17) is 11.0 Å². The molecule has 0 atom stereocenters. The smallest absolute Gasteiger partial charge is 0.254 e. The summed E-state index contributed by atoms with van der Waals surface area (Å²) in [6.07, 6.45) is 3.81. The molecule has 3 N–H and O–H groups in total. The van der Waals surface area contributed by atoms with E-state index >= 15 is 0 Å². The fourth-order valence-electron chi connectivity index (χ4n) is 1.99. The summed E-state index contributed by atoms with van der Waals surface area (Å²) in [4.78, 5) is 34.4. The zero-order valence-corrected chi connectivity index (χ0v) is 12.0. The molecule has 116 valence electrons. The third kappa shape index (κ3) is 4.15. The van der Waals surface area contributed by atoms with Gasteiger partial charge in [0.15, 0.2) is 5.82 Å². The van der Waals surface area contributed by atoms with Crippen LogP contribution in [0.2, 0.25) is 0 Å². The van der Waals surface area contributed by atoms with E-state index in [1.807, 2.05) is 0 Å². The van der Waals surface area contributed by atoms with Crippen LogP contribution in [-0.2, 0) is 16.1 Å². The second-order valence-electron chi connectivity index (χ2n) is 5.26. The molecule has 0 radical (unpaired) electrons. The molecule has 0 spiro atoms. The van der Waals surface area contributed by atoms with Crippen LogP contribution >= 0.6 is 0 Å². The van der Waals surface area contributed by atoms with Gasteiger partial charge < -0.3 is 11.1 Å². The number of nitrogens with zero attached hydrogens (tertiary/aromatic N) is 3. The average Bonchev–Trinajstić information content (AvgIpc) is 3.22. The molecule has 0 saturated heterocycles. The number of nitrogens with two attached hydrogens (primary N) is 1. The first kappa shape index (κ1) is 15.7. The SMILES string of the molecule is N#CCC(=O)CCCn1cc(C(N)=O)c(NC(=O)C2CC2)n1. The molecule has 1 aromatic rings. The molecule has 8 nitrogen and oxygen atoms in total. The van der Waals surface area contributed by atoms with E-state index in [1.54, 1.807) is 6.07 Å². The highest BCUT2D eigenvalue weighted by molar-refractivity contribution is 6.02. The van der Waals surface area contributed by atoms with Crippen LogP contribution < -0.4 is 11.1 Å². The van der Waals surface area contributed by atoms with Crippen molar-refractivity contribution < 1.29 is 14.4 Å². The first-order chi connectivity index (χ1) is 10.5. The molecule has 1 heterocycles. The lowest BCUT2D eigenvalue weighted by atomic mass is 10.2. The first-order valence-electron chi connectivity index (χ1n) is 7.08. The van der Waals surface area contributed by atoms with Crippen LogP contribution in [0, 0.1) is 17.2 Å². The van der Waals surface area contributed by atoms with Gasteiger partial charge in [-0.3, -0.25) is 19.1 Å². The standard InChI is InChI=1S/C14H17N5O3/c15-6-5-10(20)2-1-7-19-8-11(12(16)21)13(18-19)17-14(22)9-3-4-9/h8-9H,1-5,7H2,(H2,16,21)(H,17,18,22). The van der Waals surface area contributed by atoms with Crippen molar-refractivity contribution in [3.05, 3.63) is 11.8 Å². The number of anilines is 1. The highest BCUT2D eigenvalue weighted by atomic mass is 16.2. The van der Waals surface area contributed by atoms with E-state index in [9.17, 15) is 14.4 Å². The van der Waals surface area contributed by atoms with Gasteiger partial charge in [-0.25, -0.2) is 0 Å². The van der Waals surface area contributed by atoms with Crippen LogP contribution in [-0.4, -0.2) is 27.4 Å². The van der Waals surface area contributed by atoms with Crippen LogP contribution in [0.5, 0.6) is 0 Å². The Kier molecular flexibility index (Phi) is 4.88. The topological polar surface area (TPSA) is 131 Å². The van der Waals surface area contributed by atoms with Gasteiger partial charge in [-0.05, 0) is 19.3 Å². The zero-order chi connectivity index (χ0) is 16.1. The average molecular weight is 303 g/mol. The first-order valence-corrected chi connectivity index (χ1v) is 7.08. The number of carbonyl (C=O) groups excluding carboxylic acids is 3. The summed E-state index contributed by atoms with van der Waals surface area (Å²) in [6.45, 7) is 0.400. The number of nitriles is 1. The Morgan fingerprint density at radius 2 is 2.18 bits per heavy atom. The Labute approximate surface area is 127 Å². The Bertz CT molecular complexity index is 639. The van der Waals surface area contributed by atoms with Gasteiger partial charge in [0, 0.05) is 25.1 Å². The molecule has 1 aromatic heterocycles. The number of ketones is 1. The second-order valence-corrected chi connectivity index (χ2v) is 5.26. The highest BCUT2D eigenvalue weighted by Gasteiger charge is 2.31. The molecule has 1 aliphatic carbocycles. The molecular formula is C14H17N5O3. The van der Waals surface area contributed by atoms with Gasteiger partial charge in [-0.1, -0.05) is 0 Å². The number of aryl methyl sites for hydroxylation is 1. The molecule has 1 aliphatic rings. The fraction of sp³-hybridized carbons (Fsp3) is 0.500. The lowest BCUT2D eigenvalue weighted by Crippen LogP contribution is -2.18. The van der Waals surface area contributed by atoms with E-state index in [-0.39, 0.29) is 41.8 Å². The van der Waals surface area contributed by atoms with E-state index in [0.29, 0.717) is 13.0 Å². The minimum Gasteiger partial charge on any atom is -0.365 e. The quantitative estimate of drug-likeness (QED) is 0.725. The molecule has 2 rings (SSSR count). The molecule has 2 amide bonds. The summed E-state index contributed by atoms with van der Waals surface area (Å²) in [5, 5.41) is 15.2. The molecule has 0 bridgehead atoms. The Hall–Kier alpha value is -2.69. The number of aromatic nitrogens is 2. The number of hydrogen-bond donors (Lipinski definition) is 2. The second kappa shape index (κ2) is 6.85. The van der Waals surface area contributed by atoms with Crippen molar-refractivity contribution in [2.24, 2.45) is 11.7 Å². The zero-order valence-electron chi connectivity index (χ0n) is 12.0. The summed E-state index contributed by atoms with van der Waals surface area (Å²) in [5.41, 5.74) is 5.43. The van der Waals surface area contributed by atoms with Crippen molar-refractivity contribution in [2.45, 2.75) is 38.6 Å². The number of amides is 2. The normalized spacial score (nSPS) is 13.4. The number of carbonyl (C=O) groups is 3. The minimum absolute atomic E-state index is 0.00511. The number of nitrogens with one attached hydrogen (secondary N) is 1. The summed E-state index contributed by atoms with van der Waals surface area (Å²) in [7, 11) is 0. The number of Topliss-reactive ketones (excluding diaryl/α,β-unsaturated/α-hetero) is 1. The molecule has 22 heavy (non-hydrogen) atoms. The molecule has 8 heteroatoms. The number of hydrogen-bond acceptors (Lipinski definition) is 5. The number of primary amides is 1. The fourth-order valence-corrected chi connectivity index (χ4v) is 1.99. The van der Waals surface area contributed by atoms with E-state index in [0.717, 1.165) is 12.8 Å². The van der Waals surface area contributed by atoms with Crippen molar-refractivity contribution in [1.29, 1.82) is 5.26 Å². The Morgan fingerprint density at radius 1 is 1.45 bits per heavy atom. The van der Waals surface area contributed by atoms with Gasteiger partial charge in [0.1, 0.15) is 11.3 Å². The van der Waals surface area contributed by atoms with Crippen LogP contribution in [0.3, 0.4) is 0 Å². The van der Waals surface area contributed by atoms with Crippen LogP contribution in [0.15, 0.2) is 6.20 Å². The third-order valence-electron chi connectivity index (χ3n) is 3.34. The van der Waals surface area contributed by atoms with E-state index in [1.165, 1.54) is 10.9 Å². The van der Waals surface area contributed by atoms with Crippen LogP contribution in [0.25, 0.3) is 0 Å².